The third-order valence-electron chi connectivity index (χ3n) is 4.47. The Hall–Kier alpha value is -1.55. The number of urea groups is 1. The predicted molar refractivity (Wildman–Crippen MR) is 88.8 cm³/mol. The molecule has 3 N–H and O–H groups in total. The minimum Gasteiger partial charge on any atom is -0.393 e. The molecule has 4 nitrogen and oxygen atoms in total. The molecule has 2 atom stereocenters. The number of carbonyl (C=O) groups excluding carboxylic acids is 1. The second kappa shape index (κ2) is 8.79. The van der Waals surface area contributed by atoms with E-state index in [0.717, 1.165) is 24.4 Å². The van der Waals surface area contributed by atoms with Crippen LogP contribution in [0.2, 0.25) is 0 Å². The smallest absolute Gasteiger partial charge is 0.314 e. The summed E-state index contributed by atoms with van der Waals surface area (Å²) in [5, 5.41) is 15.5. The maximum absolute atomic E-state index is 11.9. The molecule has 1 saturated carbocycles. The molecular formula is C18H28N2O2. The fourth-order valence-electron chi connectivity index (χ4n) is 2.92. The van der Waals surface area contributed by atoms with Gasteiger partial charge >= 0.3 is 6.03 Å². The lowest BCUT2D eigenvalue weighted by atomic mass is 9.83. The first-order valence-electron chi connectivity index (χ1n) is 8.40. The van der Waals surface area contributed by atoms with Crippen LogP contribution in [0.1, 0.15) is 50.5 Å². The number of aliphatic hydroxyl groups excluding tert-OH is 1. The van der Waals surface area contributed by atoms with Crippen LogP contribution in [-0.4, -0.2) is 30.3 Å². The van der Waals surface area contributed by atoms with Gasteiger partial charge in [0.25, 0.3) is 0 Å². The van der Waals surface area contributed by atoms with E-state index in [4.69, 9.17) is 0 Å². The SMILES string of the molecule is CC(O)CC(CNC(=O)NCCC1CCC1)c1ccccc1. The molecule has 0 spiro atoms. The summed E-state index contributed by atoms with van der Waals surface area (Å²) in [7, 11) is 0. The molecule has 2 unspecified atom stereocenters. The van der Waals surface area contributed by atoms with Crippen LogP contribution in [0.4, 0.5) is 4.79 Å². The van der Waals surface area contributed by atoms with Gasteiger partial charge in [0, 0.05) is 19.0 Å². The molecule has 1 aliphatic carbocycles. The van der Waals surface area contributed by atoms with E-state index in [0.29, 0.717) is 13.0 Å². The van der Waals surface area contributed by atoms with Gasteiger partial charge in [0.05, 0.1) is 6.10 Å². The van der Waals surface area contributed by atoms with E-state index in [2.05, 4.69) is 10.6 Å². The van der Waals surface area contributed by atoms with E-state index in [9.17, 15) is 9.90 Å². The molecule has 1 aromatic rings. The van der Waals surface area contributed by atoms with Crippen molar-refractivity contribution in [3.05, 3.63) is 35.9 Å². The standard InChI is InChI=1S/C18H28N2O2/c1-14(21)12-17(16-8-3-2-4-9-16)13-20-18(22)19-11-10-15-6-5-7-15/h2-4,8-9,14-15,17,21H,5-7,10-13H2,1H3,(H2,19,20,22). The van der Waals surface area contributed by atoms with Crippen LogP contribution < -0.4 is 10.6 Å². The van der Waals surface area contributed by atoms with Crippen molar-refractivity contribution < 1.29 is 9.90 Å². The largest absolute Gasteiger partial charge is 0.393 e. The van der Waals surface area contributed by atoms with Gasteiger partial charge in [0.1, 0.15) is 0 Å². The molecule has 2 amide bonds. The van der Waals surface area contributed by atoms with E-state index in [1.165, 1.54) is 19.3 Å². The van der Waals surface area contributed by atoms with Gasteiger partial charge in [-0.1, -0.05) is 49.6 Å². The number of aliphatic hydroxyl groups is 1. The van der Waals surface area contributed by atoms with E-state index in [1.54, 1.807) is 6.92 Å². The van der Waals surface area contributed by atoms with Gasteiger partial charge in [-0.05, 0) is 31.2 Å². The van der Waals surface area contributed by atoms with Crippen LogP contribution in [0, 0.1) is 5.92 Å². The highest BCUT2D eigenvalue weighted by molar-refractivity contribution is 5.73. The highest BCUT2D eigenvalue weighted by Crippen LogP contribution is 2.28. The Labute approximate surface area is 133 Å². The van der Waals surface area contributed by atoms with Crippen molar-refractivity contribution in [1.82, 2.24) is 10.6 Å². The summed E-state index contributed by atoms with van der Waals surface area (Å²) in [5.74, 6) is 0.950. The molecule has 0 bridgehead atoms. The molecule has 122 valence electrons. The third-order valence-corrected chi connectivity index (χ3v) is 4.47. The molecule has 2 rings (SSSR count). The van der Waals surface area contributed by atoms with Crippen molar-refractivity contribution in [2.75, 3.05) is 13.1 Å². The number of hydrogen-bond donors (Lipinski definition) is 3. The summed E-state index contributed by atoms with van der Waals surface area (Å²) >= 11 is 0. The van der Waals surface area contributed by atoms with Crippen molar-refractivity contribution in [1.29, 1.82) is 0 Å². The quantitative estimate of drug-likeness (QED) is 0.691. The van der Waals surface area contributed by atoms with Crippen molar-refractivity contribution >= 4 is 6.03 Å². The molecule has 0 heterocycles. The topological polar surface area (TPSA) is 61.4 Å². The van der Waals surface area contributed by atoms with Gasteiger partial charge < -0.3 is 15.7 Å². The lowest BCUT2D eigenvalue weighted by molar-refractivity contribution is 0.173. The summed E-state index contributed by atoms with van der Waals surface area (Å²) in [4.78, 5) is 11.9. The Bertz CT molecular complexity index is 444. The Morgan fingerprint density at radius 3 is 2.59 bits per heavy atom. The summed E-state index contributed by atoms with van der Waals surface area (Å²) < 4.78 is 0. The van der Waals surface area contributed by atoms with E-state index >= 15 is 0 Å². The van der Waals surface area contributed by atoms with Gasteiger partial charge in [-0.15, -0.1) is 0 Å². The number of rotatable bonds is 8. The van der Waals surface area contributed by atoms with Crippen LogP contribution in [0.3, 0.4) is 0 Å². The van der Waals surface area contributed by atoms with Crippen molar-refractivity contribution in [2.45, 2.75) is 51.0 Å². The Morgan fingerprint density at radius 1 is 1.27 bits per heavy atom. The minimum absolute atomic E-state index is 0.106. The average Bonchev–Trinajstić information content (AvgIpc) is 2.46. The highest BCUT2D eigenvalue weighted by Gasteiger charge is 2.18. The first kappa shape index (κ1) is 16.8. The molecule has 1 aromatic carbocycles. The van der Waals surface area contributed by atoms with Gasteiger partial charge in [0.15, 0.2) is 0 Å². The lowest BCUT2D eigenvalue weighted by Gasteiger charge is -2.25. The summed E-state index contributed by atoms with van der Waals surface area (Å²) in [5.41, 5.74) is 1.15. The van der Waals surface area contributed by atoms with Gasteiger partial charge in [-0.3, -0.25) is 0 Å². The fraction of sp³-hybridized carbons (Fsp3) is 0.611. The van der Waals surface area contributed by atoms with Crippen LogP contribution in [-0.2, 0) is 0 Å². The molecule has 22 heavy (non-hydrogen) atoms. The number of carbonyl (C=O) groups is 1. The van der Waals surface area contributed by atoms with Crippen molar-refractivity contribution in [3.8, 4) is 0 Å². The van der Waals surface area contributed by atoms with Crippen molar-refractivity contribution in [3.63, 3.8) is 0 Å². The number of amides is 2. The maximum atomic E-state index is 11.9. The van der Waals surface area contributed by atoms with Crippen LogP contribution in [0.15, 0.2) is 30.3 Å². The second-order valence-electron chi connectivity index (χ2n) is 6.41. The summed E-state index contributed by atoms with van der Waals surface area (Å²) in [6.45, 7) is 3.09. The summed E-state index contributed by atoms with van der Waals surface area (Å²) in [6, 6.07) is 9.94. The van der Waals surface area contributed by atoms with Crippen molar-refractivity contribution in [2.24, 2.45) is 5.92 Å². The number of hydrogen-bond acceptors (Lipinski definition) is 2. The van der Waals surface area contributed by atoms with Crippen LogP contribution >= 0.6 is 0 Å². The van der Waals surface area contributed by atoms with E-state index < -0.39 is 0 Å². The zero-order valence-electron chi connectivity index (χ0n) is 13.4. The average molecular weight is 304 g/mol. The first-order valence-corrected chi connectivity index (χ1v) is 8.40. The molecule has 0 radical (unpaired) electrons. The molecule has 0 aliphatic heterocycles. The molecule has 0 saturated heterocycles. The normalized spacial score (nSPS) is 17.4. The van der Waals surface area contributed by atoms with Crippen LogP contribution in [0.25, 0.3) is 0 Å². The summed E-state index contributed by atoms with van der Waals surface area (Å²) in [6.07, 6.45) is 5.32. The first-order chi connectivity index (χ1) is 10.6. The minimum atomic E-state index is -0.381. The zero-order chi connectivity index (χ0) is 15.8. The molecule has 4 heteroatoms. The van der Waals surface area contributed by atoms with Crippen LogP contribution in [0.5, 0.6) is 0 Å². The van der Waals surface area contributed by atoms with Gasteiger partial charge in [-0.2, -0.15) is 0 Å². The fourth-order valence-corrected chi connectivity index (χ4v) is 2.92. The van der Waals surface area contributed by atoms with Gasteiger partial charge in [0.2, 0.25) is 0 Å². The van der Waals surface area contributed by atoms with E-state index in [1.807, 2.05) is 30.3 Å². The Kier molecular flexibility index (Phi) is 6.72. The lowest BCUT2D eigenvalue weighted by Crippen LogP contribution is -2.39. The Morgan fingerprint density at radius 2 is 2.00 bits per heavy atom. The Balaban J connectivity index is 1.73. The van der Waals surface area contributed by atoms with E-state index in [-0.39, 0.29) is 18.1 Å². The molecule has 0 aromatic heterocycles. The number of nitrogens with one attached hydrogen (secondary N) is 2. The molecule has 1 aliphatic rings. The number of benzene rings is 1. The maximum Gasteiger partial charge on any atom is 0.314 e. The molecule has 1 fully saturated rings. The second-order valence-corrected chi connectivity index (χ2v) is 6.41. The zero-order valence-corrected chi connectivity index (χ0v) is 13.4. The molecular weight excluding hydrogens is 276 g/mol. The highest BCUT2D eigenvalue weighted by atomic mass is 16.3. The monoisotopic (exact) mass is 304 g/mol. The third kappa shape index (κ3) is 5.68. The predicted octanol–water partition coefficient (Wildman–Crippen LogP) is 3.03. The van der Waals surface area contributed by atoms with Gasteiger partial charge in [-0.25, -0.2) is 4.79 Å².